The Labute approximate surface area is 145 Å². The fourth-order valence-electron chi connectivity index (χ4n) is 3.66. The first-order valence-corrected chi connectivity index (χ1v) is 8.91. The Balaban J connectivity index is 1.93. The summed E-state index contributed by atoms with van der Waals surface area (Å²) in [5, 5.41) is 0. The number of likely N-dealkylation sites (tertiary alicyclic amines) is 1. The maximum Gasteiger partial charge on any atom is 0.137 e. The summed E-state index contributed by atoms with van der Waals surface area (Å²) in [5.41, 5.74) is 10.3. The van der Waals surface area contributed by atoms with E-state index in [-0.39, 0.29) is 5.41 Å². The molecule has 1 saturated heterocycles. The van der Waals surface area contributed by atoms with E-state index < -0.39 is 0 Å². The molecule has 0 aliphatic carbocycles. The van der Waals surface area contributed by atoms with Gasteiger partial charge in [0.05, 0.1) is 11.4 Å². The minimum absolute atomic E-state index is 0.0176. The molecule has 0 bridgehead atoms. The fourth-order valence-corrected chi connectivity index (χ4v) is 3.66. The second-order valence-corrected chi connectivity index (χ2v) is 8.30. The molecule has 1 fully saturated rings. The zero-order valence-corrected chi connectivity index (χ0v) is 15.7. The van der Waals surface area contributed by atoms with Gasteiger partial charge in [0.15, 0.2) is 0 Å². The SMILES string of the molecule is CN1CCC(N(C)Cc2c(C(C)(C)C)nc3ccc(N)cn23)CC1. The third-order valence-corrected chi connectivity index (χ3v) is 5.16. The molecule has 2 aromatic heterocycles. The molecule has 1 aliphatic rings. The summed E-state index contributed by atoms with van der Waals surface area (Å²) in [4.78, 5) is 9.82. The standard InChI is InChI=1S/C19H31N5/c1-19(2,3)18-16(24-12-14(20)6-7-17(24)21-18)13-23(5)15-8-10-22(4)11-9-15/h6-7,12,15H,8-11,13,20H2,1-5H3. The van der Waals surface area contributed by atoms with Crippen LogP contribution in [0.5, 0.6) is 0 Å². The van der Waals surface area contributed by atoms with Gasteiger partial charge in [-0.2, -0.15) is 0 Å². The van der Waals surface area contributed by atoms with E-state index in [1.54, 1.807) is 0 Å². The molecule has 1 aliphatic heterocycles. The van der Waals surface area contributed by atoms with Crippen LogP contribution in [0.1, 0.15) is 45.0 Å². The van der Waals surface area contributed by atoms with E-state index in [2.05, 4.69) is 49.1 Å². The molecule has 0 spiro atoms. The van der Waals surface area contributed by atoms with Crippen LogP contribution in [-0.2, 0) is 12.0 Å². The van der Waals surface area contributed by atoms with Crippen LogP contribution in [0.2, 0.25) is 0 Å². The molecular weight excluding hydrogens is 298 g/mol. The number of hydrogen-bond acceptors (Lipinski definition) is 4. The van der Waals surface area contributed by atoms with Crippen LogP contribution in [0, 0.1) is 0 Å². The highest BCUT2D eigenvalue weighted by Crippen LogP contribution is 2.28. The molecule has 0 unspecified atom stereocenters. The highest BCUT2D eigenvalue weighted by molar-refractivity contribution is 5.51. The third kappa shape index (κ3) is 3.42. The van der Waals surface area contributed by atoms with Crippen molar-refractivity contribution in [3.63, 3.8) is 0 Å². The summed E-state index contributed by atoms with van der Waals surface area (Å²) in [5.74, 6) is 0. The molecule has 0 atom stereocenters. The van der Waals surface area contributed by atoms with Gasteiger partial charge >= 0.3 is 0 Å². The summed E-state index contributed by atoms with van der Waals surface area (Å²) in [6, 6.07) is 4.59. The number of rotatable bonds is 3. The Kier molecular flexibility index (Phi) is 4.58. The highest BCUT2D eigenvalue weighted by atomic mass is 15.2. The Morgan fingerprint density at radius 1 is 1.25 bits per heavy atom. The van der Waals surface area contributed by atoms with Crippen molar-refractivity contribution in [1.82, 2.24) is 19.2 Å². The number of piperidine rings is 1. The monoisotopic (exact) mass is 329 g/mol. The van der Waals surface area contributed by atoms with E-state index in [1.807, 2.05) is 18.3 Å². The van der Waals surface area contributed by atoms with Crippen molar-refractivity contribution < 1.29 is 0 Å². The van der Waals surface area contributed by atoms with Crippen molar-refractivity contribution in [2.45, 2.75) is 51.6 Å². The average Bonchev–Trinajstić information content (AvgIpc) is 2.86. The lowest BCUT2D eigenvalue weighted by Gasteiger charge is -2.35. The second-order valence-electron chi connectivity index (χ2n) is 8.30. The number of imidazole rings is 1. The van der Waals surface area contributed by atoms with E-state index in [0.29, 0.717) is 6.04 Å². The number of fused-ring (bicyclic) bond motifs is 1. The predicted molar refractivity (Wildman–Crippen MR) is 100 cm³/mol. The number of nitrogen functional groups attached to an aromatic ring is 1. The Bertz CT molecular complexity index is 704. The van der Waals surface area contributed by atoms with Crippen molar-refractivity contribution in [3.05, 3.63) is 29.7 Å². The van der Waals surface area contributed by atoms with Crippen LogP contribution in [0.15, 0.2) is 18.3 Å². The van der Waals surface area contributed by atoms with E-state index in [1.165, 1.54) is 37.3 Å². The maximum absolute atomic E-state index is 6.03. The lowest BCUT2D eigenvalue weighted by Crippen LogP contribution is -2.41. The minimum atomic E-state index is 0.0176. The van der Waals surface area contributed by atoms with Gasteiger partial charge in [0.1, 0.15) is 5.65 Å². The number of anilines is 1. The van der Waals surface area contributed by atoms with Gasteiger partial charge < -0.3 is 15.0 Å². The van der Waals surface area contributed by atoms with Crippen molar-refractivity contribution in [2.24, 2.45) is 0 Å². The molecular formula is C19H31N5. The van der Waals surface area contributed by atoms with Gasteiger partial charge in [0.2, 0.25) is 0 Å². The molecule has 2 N–H and O–H groups in total. The Morgan fingerprint density at radius 3 is 2.54 bits per heavy atom. The largest absolute Gasteiger partial charge is 0.398 e. The molecule has 0 aromatic carbocycles. The van der Waals surface area contributed by atoms with Crippen LogP contribution >= 0.6 is 0 Å². The molecule has 3 rings (SSSR count). The van der Waals surface area contributed by atoms with E-state index in [9.17, 15) is 0 Å². The van der Waals surface area contributed by atoms with Crippen LogP contribution < -0.4 is 5.73 Å². The Hall–Kier alpha value is -1.59. The molecule has 132 valence electrons. The average molecular weight is 329 g/mol. The predicted octanol–water partition coefficient (Wildman–Crippen LogP) is 2.74. The molecule has 5 nitrogen and oxygen atoms in total. The smallest absolute Gasteiger partial charge is 0.137 e. The van der Waals surface area contributed by atoms with Gasteiger partial charge in [-0.05, 0) is 52.2 Å². The van der Waals surface area contributed by atoms with E-state index in [0.717, 1.165) is 17.9 Å². The Morgan fingerprint density at radius 2 is 1.92 bits per heavy atom. The molecule has 0 radical (unpaired) electrons. The van der Waals surface area contributed by atoms with Crippen LogP contribution in [-0.4, -0.2) is 52.4 Å². The maximum atomic E-state index is 6.03. The summed E-state index contributed by atoms with van der Waals surface area (Å²) >= 11 is 0. The zero-order valence-electron chi connectivity index (χ0n) is 15.7. The van der Waals surface area contributed by atoms with E-state index in [4.69, 9.17) is 10.7 Å². The number of hydrogen-bond donors (Lipinski definition) is 1. The number of pyridine rings is 1. The number of aromatic nitrogens is 2. The summed E-state index contributed by atoms with van der Waals surface area (Å²) in [7, 11) is 4.45. The van der Waals surface area contributed by atoms with Crippen LogP contribution in [0.3, 0.4) is 0 Å². The minimum Gasteiger partial charge on any atom is -0.398 e. The molecule has 3 heterocycles. The second kappa shape index (κ2) is 6.37. The van der Waals surface area contributed by atoms with Gasteiger partial charge in [-0.15, -0.1) is 0 Å². The van der Waals surface area contributed by atoms with Crippen LogP contribution in [0.4, 0.5) is 5.69 Å². The van der Waals surface area contributed by atoms with Crippen LogP contribution in [0.25, 0.3) is 5.65 Å². The third-order valence-electron chi connectivity index (χ3n) is 5.16. The summed E-state index contributed by atoms with van der Waals surface area (Å²) in [6.07, 6.45) is 4.48. The summed E-state index contributed by atoms with van der Waals surface area (Å²) in [6.45, 7) is 9.97. The summed E-state index contributed by atoms with van der Waals surface area (Å²) < 4.78 is 2.18. The van der Waals surface area contributed by atoms with E-state index >= 15 is 0 Å². The van der Waals surface area contributed by atoms with Crippen molar-refractivity contribution in [2.75, 3.05) is 32.9 Å². The molecule has 2 aromatic rings. The highest BCUT2D eigenvalue weighted by Gasteiger charge is 2.27. The van der Waals surface area contributed by atoms with Gasteiger partial charge in [-0.25, -0.2) is 4.98 Å². The first kappa shape index (κ1) is 17.2. The van der Waals surface area contributed by atoms with Crippen molar-refractivity contribution in [1.29, 1.82) is 0 Å². The molecule has 24 heavy (non-hydrogen) atoms. The quantitative estimate of drug-likeness (QED) is 0.941. The molecule has 0 saturated carbocycles. The van der Waals surface area contributed by atoms with Gasteiger partial charge in [0.25, 0.3) is 0 Å². The molecule has 5 heteroatoms. The number of nitrogens with two attached hydrogens (primary N) is 1. The van der Waals surface area contributed by atoms with Crippen molar-refractivity contribution in [3.8, 4) is 0 Å². The first-order valence-electron chi connectivity index (χ1n) is 8.91. The van der Waals surface area contributed by atoms with Gasteiger partial charge in [0, 0.05) is 29.9 Å². The normalized spacial score (nSPS) is 17.9. The topological polar surface area (TPSA) is 49.8 Å². The fraction of sp³-hybridized carbons (Fsp3) is 0.632. The number of nitrogens with zero attached hydrogens (tertiary/aromatic N) is 4. The first-order chi connectivity index (χ1) is 11.3. The van der Waals surface area contributed by atoms with Gasteiger partial charge in [-0.3, -0.25) is 4.90 Å². The van der Waals surface area contributed by atoms with Crippen molar-refractivity contribution >= 4 is 11.3 Å². The lowest BCUT2D eigenvalue weighted by atomic mass is 9.90. The lowest BCUT2D eigenvalue weighted by molar-refractivity contribution is 0.137. The van der Waals surface area contributed by atoms with Gasteiger partial charge in [-0.1, -0.05) is 20.8 Å². The zero-order chi connectivity index (χ0) is 17.5. The molecule has 0 amide bonds.